The zero-order valence-electron chi connectivity index (χ0n) is 12.3. The highest BCUT2D eigenvalue weighted by Gasteiger charge is 2.31. The summed E-state index contributed by atoms with van der Waals surface area (Å²) < 4.78 is 10.3. The summed E-state index contributed by atoms with van der Waals surface area (Å²) in [6, 6.07) is 0.449. The van der Waals surface area contributed by atoms with Crippen molar-refractivity contribution in [2.75, 3.05) is 13.2 Å². The van der Waals surface area contributed by atoms with Crippen LogP contribution in [0.5, 0.6) is 0 Å². The number of rotatable bonds is 9. The Morgan fingerprint density at radius 3 is 2.90 bits per heavy atom. The normalized spacial score (nSPS) is 14.8. The molecule has 0 radical (unpaired) electrons. The number of carbonyl (C=O) groups is 1. The Balaban J connectivity index is 1.87. The second-order valence-electron chi connectivity index (χ2n) is 5.15. The van der Waals surface area contributed by atoms with Crippen LogP contribution in [0.25, 0.3) is 0 Å². The summed E-state index contributed by atoms with van der Waals surface area (Å²) in [7, 11) is 0. The Morgan fingerprint density at radius 2 is 2.25 bits per heavy atom. The van der Waals surface area contributed by atoms with E-state index >= 15 is 0 Å². The van der Waals surface area contributed by atoms with Crippen LogP contribution in [0.3, 0.4) is 0 Å². The van der Waals surface area contributed by atoms with Gasteiger partial charge in [-0.25, -0.2) is 0 Å². The monoisotopic (exact) mass is 281 g/mol. The molecular formula is C14H23N3O3. The highest BCUT2D eigenvalue weighted by atomic mass is 16.5. The second-order valence-corrected chi connectivity index (χ2v) is 5.15. The molecule has 6 heteroatoms. The predicted octanol–water partition coefficient (Wildman–Crippen LogP) is 1.94. The molecule has 1 saturated carbocycles. The molecule has 0 unspecified atom stereocenters. The van der Waals surface area contributed by atoms with Crippen LogP contribution in [0.2, 0.25) is 0 Å². The smallest absolute Gasteiger partial charge is 0.320 e. The fourth-order valence-corrected chi connectivity index (χ4v) is 2.09. The van der Waals surface area contributed by atoms with Crippen LogP contribution in [-0.4, -0.2) is 40.2 Å². The van der Waals surface area contributed by atoms with E-state index in [4.69, 9.17) is 9.26 Å². The van der Waals surface area contributed by atoms with Gasteiger partial charge in [0.25, 0.3) is 0 Å². The third-order valence-corrected chi connectivity index (χ3v) is 3.30. The lowest BCUT2D eigenvalue weighted by Gasteiger charge is -2.18. The minimum absolute atomic E-state index is 0.190. The molecular weight excluding hydrogens is 258 g/mol. The van der Waals surface area contributed by atoms with E-state index in [0.717, 1.165) is 37.9 Å². The Kier molecular flexibility index (Phi) is 5.52. The van der Waals surface area contributed by atoms with Gasteiger partial charge in [-0.15, -0.1) is 0 Å². The highest BCUT2D eigenvalue weighted by molar-refractivity contribution is 5.71. The van der Waals surface area contributed by atoms with Crippen LogP contribution in [0, 0.1) is 0 Å². The molecule has 1 heterocycles. The molecule has 0 aliphatic heterocycles. The average Bonchev–Trinajstić information content (AvgIpc) is 3.18. The van der Waals surface area contributed by atoms with E-state index < -0.39 is 0 Å². The molecule has 1 fully saturated rings. The number of hydrogen-bond donors (Lipinski definition) is 0. The van der Waals surface area contributed by atoms with Crippen LogP contribution in [0.4, 0.5) is 0 Å². The van der Waals surface area contributed by atoms with Crippen molar-refractivity contribution in [3.63, 3.8) is 0 Å². The number of nitrogens with zero attached hydrogens (tertiary/aromatic N) is 3. The van der Waals surface area contributed by atoms with Crippen LogP contribution >= 0.6 is 0 Å². The lowest BCUT2D eigenvalue weighted by atomic mass is 10.2. The van der Waals surface area contributed by atoms with E-state index in [1.165, 1.54) is 0 Å². The highest BCUT2D eigenvalue weighted by Crippen LogP contribution is 2.27. The molecule has 112 valence electrons. The molecule has 0 spiro atoms. The van der Waals surface area contributed by atoms with E-state index in [2.05, 4.69) is 22.0 Å². The van der Waals surface area contributed by atoms with E-state index in [1.54, 1.807) is 0 Å². The number of carbonyl (C=O) groups excluding carboxylic acids is 1. The molecule has 0 bridgehead atoms. The van der Waals surface area contributed by atoms with Crippen molar-refractivity contribution in [1.82, 2.24) is 15.0 Å². The van der Waals surface area contributed by atoms with Crippen molar-refractivity contribution in [2.24, 2.45) is 0 Å². The number of ether oxygens (including phenoxy) is 1. The van der Waals surface area contributed by atoms with Gasteiger partial charge >= 0.3 is 5.97 Å². The molecule has 2 rings (SSSR count). The predicted molar refractivity (Wildman–Crippen MR) is 73.0 cm³/mol. The average molecular weight is 281 g/mol. The summed E-state index contributed by atoms with van der Waals surface area (Å²) in [5, 5.41) is 3.97. The number of aryl methyl sites for hydroxylation is 1. The summed E-state index contributed by atoms with van der Waals surface area (Å²) in [6.07, 6.45) is 5.27. The lowest BCUT2D eigenvalue weighted by molar-refractivity contribution is -0.144. The van der Waals surface area contributed by atoms with Gasteiger partial charge in [0, 0.05) is 12.5 Å². The minimum Gasteiger partial charge on any atom is -0.465 e. The van der Waals surface area contributed by atoms with E-state index in [-0.39, 0.29) is 5.97 Å². The lowest BCUT2D eigenvalue weighted by Crippen LogP contribution is -2.32. The van der Waals surface area contributed by atoms with Gasteiger partial charge in [-0.05, 0) is 26.2 Å². The summed E-state index contributed by atoms with van der Waals surface area (Å²) in [5.41, 5.74) is 0. The standard InChI is InChI=1S/C14H23N3O3/c1-3-5-6-12-15-13(20-16-12)9-17(11-7-8-11)10-14(18)19-4-2/h11H,3-10H2,1-2H3. The third-order valence-electron chi connectivity index (χ3n) is 3.30. The van der Waals surface area contributed by atoms with Gasteiger partial charge in [0.15, 0.2) is 5.82 Å². The molecule has 20 heavy (non-hydrogen) atoms. The third kappa shape index (κ3) is 4.59. The fourth-order valence-electron chi connectivity index (χ4n) is 2.09. The maximum absolute atomic E-state index is 11.6. The van der Waals surface area contributed by atoms with Crippen molar-refractivity contribution >= 4 is 5.97 Å². The molecule has 0 atom stereocenters. The van der Waals surface area contributed by atoms with E-state index in [1.807, 2.05) is 6.92 Å². The Bertz CT molecular complexity index is 429. The van der Waals surface area contributed by atoms with E-state index in [9.17, 15) is 4.79 Å². The summed E-state index contributed by atoms with van der Waals surface area (Å²) >= 11 is 0. The number of esters is 1. The quantitative estimate of drug-likeness (QED) is 0.644. The molecule has 0 aromatic carbocycles. The molecule has 1 aliphatic carbocycles. The van der Waals surface area contributed by atoms with Gasteiger partial charge < -0.3 is 9.26 Å². The maximum atomic E-state index is 11.6. The van der Waals surface area contributed by atoms with E-state index in [0.29, 0.717) is 31.6 Å². The van der Waals surface area contributed by atoms with Gasteiger partial charge in [0.2, 0.25) is 5.89 Å². The number of hydrogen-bond acceptors (Lipinski definition) is 6. The Hall–Kier alpha value is -1.43. The Labute approximate surface area is 119 Å². The zero-order valence-corrected chi connectivity index (χ0v) is 12.3. The SMILES string of the molecule is CCCCc1noc(CN(CC(=O)OCC)C2CC2)n1. The van der Waals surface area contributed by atoms with Gasteiger partial charge in [0.1, 0.15) is 0 Å². The molecule has 0 saturated heterocycles. The van der Waals surface area contributed by atoms with Crippen LogP contribution in [0.15, 0.2) is 4.52 Å². The first-order chi connectivity index (χ1) is 9.72. The first-order valence-electron chi connectivity index (χ1n) is 7.44. The van der Waals surface area contributed by atoms with Crippen molar-refractivity contribution in [2.45, 2.75) is 58.5 Å². The minimum atomic E-state index is -0.190. The maximum Gasteiger partial charge on any atom is 0.320 e. The van der Waals surface area contributed by atoms with Crippen LogP contribution in [0.1, 0.15) is 51.2 Å². The van der Waals surface area contributed by atoms with Crippen molar-refractivity contribution in [3.05, 3.63) is 11.7 Å². The van der Waals surface area contributed by atoms with Crippen molar-refractivity contribution in [3.8, 4) is 0 Å². The molecule has 1 aromatic heterocycles. The molecule has 6 nitrogen and oxygen atoms in total. The summed E-state index contributed by atoms with van der Waals surface area (Å²) in [5.74, 6) is 1.16. The van der Waals surface area contributed by atoms with Crippen molar-refractivity contribution < 1.29 is 14.1 Å². The van der Waals surface area contributed by atoms with Crippen LogP contribution < -0.4 is 0 Å². The van der Waals surface area contributed by atoms with Crippen molar-refractivity contribution in [1.29, 1.82) is 0 Å². The number of unbranched alkanes of at least 4 members (excludes halogenated alkanes) is 1. The Morgan fingerprint density at radius 1 is 1.45 bits per heavy atom. The van der Waals surface area contributed by atoms with Gasteiger partial charge in [-0.2, -0.15) is 4.98 Å². The molecule has 1 aliphatic rings. The largest absolute Gasteiger partial charge is 0.465 e. The van der Waals surface area contributed by atoms with Gasteiger partial charge in [-0.3, -0.25) is 9.69 Å². The second kappa shape index (κ2) is 7.38. The number of aromatic nitrogens is 2. The molecule has 1 aromatic rings. The van der Waals surface area contributed by atoms with Gasteiger partial charge in [0.05, 0.1) is 19.7 Å². The molecule has 0 amide bonds. The fraction of sp³-hybridized carbons (Fsp3) is 0.786. The first kappa shape index (κ1) is 15.0. The van der Waals surface area contributed by atoms with Gasteiger partial charge in [-0.1, -0.05) is 18.5 Å². The van der Waals surface area contributed by atoms with Crippen LogP contribution in [-0.2, 0) is 22.5 Å². The topological polar surface area (TPSA) is 68.5 Å². The summed E-state index contributed by atoms with van der Waals surface area (Å²) in [4.78, 5) is 18.0. The zero-order chi connectivity index (χ0) is 14.4. The summed E-state index contributed by atoms with van der Waals surface area (Å²) in [6.45, 7) is 5.19. The first-order valence-corrected chi connectivity index (χ1v) is 7.44. The molecule has 0 N–H and O–H groups in total.